The average molecular weight is 496 g/mol. The van der Waals surface area contributed by atoms with E-state index in [9.17, 15) is 4.79 Å². The van der Waals surface area contributed by atoms with Crippen LogP contribution in [0, 0.1) is 0 Å². The van der Waals surface area contributed by atoms with E-state index in [0.717, 1.165) is 17.7 Å². The van der Waals surface area contributed by atoms with Crippen molar-refractivity contribution in [3.05, 3.63) is 59.7 Å². The van der Waals surface area contributed by atoms with Crippen molar-refractivity contribution < 1.29 is 14.3 Å². The van der Waals surface area contributed by atoms with Gasteiger partial charge in [-0.15, -0.1) is 24.0 Å². The third kappa shape index (κ3) is 5.75. The summed E-state index contributed by atoms with van der Waals surface area (Å²) in [5.74, 6) is 1.70. The molecule has 0 bridgehead atoms. The number of hydrogen-bond acceptors (Lipinski definition) is 4. The van der Waals surface area contributed by atoms with E-state index in [0.29, 0.717) is 37.0 Å². The van der Waals surface area contributed by atoms with Crippen LogP contribution in [-0.4, -0.2) is 38.7 Å². The molecular formula is C20H25IN4O3. The van der Waals surface area contributed by atoms with Gasteiger partial charge in [0, 0.05) is 24.1 Å². The Morgan fingerprint density at radius 3 is 2.93 bits per heavy atom. The van der Waals surface area contributed by atoms with Crippen molar-refractivity contribution >= 4 is 35.8 Å². The molecule has 1 aliphatic rings. The Labute approximate surface area is 181 Å². The van der Waals surface area contributed by atoms with Crippen molar-refractivity contribution in [1.82, 2.24) is 10.6 Å². The van der Waals surface area contributed by atoms with E-state index in [1.54, 1.807) is 31.4 Å². The number of hydrogen-bond donors (Lipinski definition) is 3. The largest absolute Gasteiger partial charge is 0.497 e. The lowest BCUT2D eigenvalue weighted by molar-refractivity contribution is 0.0954. The molecule has 8 heteroatoms. The molecule has 1 atom stereocenters. The van der Waals surface area contributed by atoms with E-state index in [1.165, 1.54) is 0 Å². The molecule has 1 unspecified atom stereocenters. The normalized spacial score (nSPS) is 15.5. The number of amides is 1. The first-order chi connectivity index (χ1) is 13.2. The zero-order valence-corrected chi connectivity index (χ0v) is 18.0. The van der Waals surface area contributed by atoms with Gasteiger partial charge >= 0.3 is 0 Å². The van der Waals surface area contributed by atoms with Crippen molar-refractivity contribution in [2.75, 3.05) is 26.8 Å². The molecule has 7 nitrogen and oxygen atoms in total. The van der Waals surface area contributed by atoms with E-state index < -0.39 is 0 Å². The lowest BCUT2D eigenvalue weighted by atomic mass is 10.0. The van der Waals surface area contributed by atoms with E-state index in [4.69, 9.17) is 15.2 Å². The predicted molar refractivity (Wildman–Crippen MR) is 120 cm³/mol. The number of fused-ring (bicyclic) bond motifs is 1. The number of rotatable bonds is 6. The zero-order chi connectivity index (χ0) is 19.1. The number of nitrogens with zero attached hydrogens (tertiary/aromatic N) is 1. The molecule has 0 aliphatic carbocycles. The van der Waals surface area contributed by atoms with Gasteiger partial charge in [0.15, 0.2) is 5.96 Å². The van der Waals surface area contributed by atoms with Crippen LogP contribution in [0.2, 0.25) is 0 Å². The van der Waals surface area contributed by atoms with Gasteiger partial charge in [-0.2, -0.15) is 0 Å². The minimum absolute atomic E-state index is 0. The van der Waals surface area contributed by atoms with Crippen LogP contribution in [0.15, 0.2) is 53.5 Å². The van der Waals surface area contributed by atoms with Gasteiger partial charge in [0.1, 0.15) is 11.5 Å². The van der Waals surface area contributed by atoms with Gasteiger partial charge in [-0.25, -0.2) is 0 Å². The van der Waals surface area contributed by atoms with E-state index in [1.807, 2.05) is 24.3 Å². The highest BCUT2D eigenvalue weighted by Crippen LogP contribution is 2.31. The molecule has 1 aliphatic heterocycles. The first-order valence-electron chi connectivity index (χ1n) is 8.88. The summed E-state index contributed by atoms with van der Waals surface area (Å²) in [6.07, 6.45) is 0.819. The molecule has 1 heterocycles. The maximum Gasteiger partial charge on any atom is 0.251 e. The number of para-hydroxylation sites is 1. The number of methoxy groups -OCH3 is 1. The van der Waals surface area contributed by atoms with Gasteiger partial charge in [-0.3, -0.25) is 9.79 Å². The monoisotopic (exact) mass is 496 g/mol. The van der Waals surface area contributed by atoms with Crippen molar-refractivity contribution in [3.63, 3.8) is 0 Å². The second-order valence-corrected chi connectivity index (χ2v) is 6.13. The summed E-state index contributed by atoms with van der Waals surface area (Å²) in [6.45, 7) is 1.42. The van der Waals surface area contributed by atoms with Gasteiger partial charge in [-0.05, 0) is 24.3 Å². The third-order valence-corrected chi connectivity index (χ3v) is 4.29. The van der Waals surface area contributed by atoms with Crippen LogP contribution in [0.5, 0.6) is 11.5 Å². The molecule has 1 amide bonds. The topological polar surface area (TPSA) is 98.0 Å². The Morgan fingerprint density at radius 2 is 2.11 bits per heavy atom. The van der Waals surface area contributed by atoms with Crippen molar-refractivity contribution in [2.24, 2.45) is 10.7 Å². The van der Waals surface area contributed by atoms with Crippen molar-refractivity contribution in [1.29, 1.82) is 0 Å². The van der Waals surface area contributed by atoms with Crippen molar-refractivity contribution in [2.45, 2.75) is 12.5 Å². The van der Waals surface area contributed by atoms with Gasteiger partial charge < -0.3 is 25.8 Å². The fourth-order valence-electron chi connectivity index (χ4n) is 2.93. The lowest BCUT2D eigenvalue weighted by Crippen LogP contribution is -2.38. The van der Waals surface area contributed by atoms with Crippen LogP contribution in [0.1, 0.15) is 28.4 Å². The van der Waals surface area contributed by atoms with Gasteiger partial charge in [0.05, 0.1) is 26.3 Å². The highest BCUT2D eigenvalue weighted by atomic mass is 127. The van der Waals surface area contributed by atoms with Crippen molar-refractivity contribution in [3.8, 4) is 11.5 Å². The fraction of sp³-hybridized carbons (Fsp3) is 0.300. The molecule has 3 rings (SSSR count). The number of halogens is 1. The number of nitrogens with two attached hydrogens (primary N) is 1. The molecule has 28 heavy (non-hydrogen) atoms. The Kier molecular flexibility index (Phi) is 8.37. The number of nitrogens with one attached hydrogen (secondary N) is 2. The number of aliphatic imine (C=N–C) groups is 1. The second-order valence-electron chi connectivity index (χ2n) is 6.13. The highest BCUT2D eigenvalue weighted by molar-refractivity contribution is 14.0. The number of ether oxygens (including phenoxy) is 2. The standard InChI is InChI=1S/C20H24N4O3.HI/c1-26-15-6-4-5-14(13-15)19(25)22-10-11-23-20(21)24-17-9-12-27-18-8-3-2-7-16(17)18;/h2-8,13,17H,9-12H2,1H3,(H,22,25)(H3,21,23,24);1H. The fourth-order valence-corrected chi connectivity index (χ4v) is 2.93. The molecule has 0 aromatic heterocycles. The van der Waals surface area contributed by atoms with E-state index >= 15 is 0 Å². The number of carbonyl (C=O) groups is 1. The van der Waals surface area contributed by atoms with Crippen LogP contribution in [-0.2, 0) is 0 Å². The first kappa shape index (κ1) is 21.8. The number of benzene rings is 2. The SMILES string of the molecule is COc1cccc(C(=O)NCCN=C(N)NC2CCOc3ccccc32)c1.I. The number of guanidine groups is 1. The summed E-state index contributed by atoms with van der Waals surface area (Å²) in [5, 5.41) is 6.05. The molecule has 2 aromatic carbocycles. The highest BCUT2D eigenvalue weighted by Gasteiger charge is 2.21. The molecule has 4 N–H and O–H groups in total. The van der Waals surface area contributed by atoms with E-state index in [-0.39, 0.29) is 35.9 Å². The quantitative estimate of drug-likeness (QED) is 0.247. The molecular weight excluding hydrogens is 471 g/mol. The maximum absolute atomic E-state index is 12.1. The summed E-state index contributed by atoms with van der Waals surface area (Å²) < 4.78 is 10.8. The van der Waals surface area contributed by atoms with Crippen LogP contribution >= 0.6 is 24.0 Å². The Morgan fingerprint density at radius 1 is 1.29 bits per heavy atom. The zero-order valence-electron chi connectivity index (χ0n) is 15.7. The minimum Gasteiger partial charge on any atom is -0.497 e. The Balaban J connectivity index is 0.00000280. The molecule has 150 valence electrons. The molecule has 0 saturated heterocycles. The van der Waals surface area contributed by atoms with Crippen LogP contribution in [0.4, 0.5) is 0 Å². The summed E-state index contributed by atoms with van der Waals surface area (Å²) in [4.78, 5) is 16.4. The summed E-state index contributed by atoms with van der Waals surface area (Å²) >= 11 is 0. The molecule has 0 spiro atoms. The van der Waals surface area contributed by atoms with Crippen LogP contribution in [0.3, 0.4) is 0 Å². The average Bonchev–Trinajstić information content (AvgIpc) is 2.71. The van der Waals surface area contributed by atoms with Gasteiger partial charge in [0.25, 0.3) is 5.91 Å². The van der Waals surface area contributed by atoms with Gasteiger partial charge in [-0.1, -0.05) is 24.3 Å². The molecule has 0 radical (unpaired) electrons. The molecule has 0 saturated carbocycles. The molecule has 0 fully saturated rings. The minimum atomic E-state index is -0.172. The maximum atomic E-state index is 12.1. The predicted octanol–water partition coefficient (Wildman–Crippen LogP) is 2.47. The number of carbonyl (C=O) groups excluding carboxylic acids is 1. The van der Waals surface area contributed by atoms with Crippen LogP contribution < -0.4 is 25.8 Å². The summed E-state index contributed by atoms with van der Waals surface area (Å²) in [6, 6.07) is 15.0. The van der Waals surface area contributed by atoms with Crippen LogP contribution in [0.25, 0.3) is 0 Å². The summed E-state index contributed by atoms with van der Waals surface area (Å²) in [5.41, 5.74) is 7.62. The lowest BCUT2D eigenvalue weighted by Gasteiger charge is -2.26. The Hall–Kier alpha value is -2.49. The summed E-state index contributed by atoms with van der Waals surface area (Å²) in [7, 11) is 1.57. The third-order valence-electron chi connectivity index (χ3n) is 4.29. The smallest absolute Gasteiger partial charge is 0.251 e. The second kappa shape index (κ2) is 10.7. The van der Waals surface area contributed by atoms with Gasteiger partial charge in [0.2, 0.25) is 0 Å². The Bertz CT molecular complexity index is 829. The molecule has 2 aromatic rings. The van der Waals surface area contributed by atoms with E-state index in [2.05, 4.69) is 15.6 Å². The first-order valence-corrected chi connectivity index (χ1v) is 8.88.